The Morgan fingerprint density at radius 2 is 1.90 bits per heavy atom. The van der Waals surface area contributed by atoms with Crippen molar-refractivity contribution in [3.8, 4) is 0 Å². The molecule has 0 heterocycles. The Morgan fingerprint density at radius 3 is 2.45 bits per heavy atom. The van der Waals surface area contributed by atoms with Gasteiger partial charge in [0.15, 0.2) is 0 Å². The van der Waals surface area contributed by atoms with E-state index in [-0.39, 0.29) is 12.0 Å². The van der Waals surface area contributed by atoms with Gasteiger partial charge in [0, 0.05) is 6.04 Å². The number of hydrogen-bond donors (Lipinski definition) is 1. The summed E-state index contributed by atoms with van der Waals surface area (Å²) in [6, 6.07) is 0.346. The highest BCUT2D eigenvalue weighted by molar-refractivity contribution is 5.75. The van der Waals surface area contributed by atoms with E-state index >= 15 is 0 Å². The van der Waals surface area contributed by atoms with Crippen LogP contribution in [0.1, 0.15) is 66.2 Å². The van der Waals surface area contributed by atoms with E-state index in [1.807, 2.05) is 0 Å². The summed E-state index contributed by atoms with van der Waals surface area (Å²) in [6.07, 6.45) is 7.21. The summed E-state index contributed by atoms with van der Waals surface area (Å²) in [5.41, 5.74) is 0. The van der Waals surface area contributed by atoms with Gasteiger partial charge in [0.1, 0.15) is 6.04 Å². The third-order valence-electron chi connectivity index (χ3n) is 4.22. The lowest BCUT2D eigenvalue weighted by molar-refractivity contribution is -0.144. The van der Waals surface area contributed by atoms with Crippen molar-refractivity contribution in [2.75, 3.05) is 7.11 Å². The van der Waals surface area contributed by atoms with Crippen molar-refractivity contribution in [3.63, 3.8) is 0 Å². The van der Waals surface area contributed by atoms with Gasteiger partial charge in [-0.05, 0) is 43.4 Å². The second kappa shape index (κ2) is 8.66. The molecule has 0 spiro atoms. The second-order valence-corrected chi connectivity index (χ2v) is 7.23. The molecule has 0 saturated heterocycles. The first-order valence-corrected chi connectivity index (χ1v) is 8.26. The van der Waals surface area contributed by atoms with Crippen LogP contribution in [-0.2, 0) is 9.53 Å². The highest BCUT2D eigenvalue weighted by Crippen LogP contribution is 2.29. The summed E-state index contributed by atoms with van der Waals surface area (Å²) in [5.74, 6) is 1.98. The fraction of sp³-hybridized carbons (Fsp3) is 0.941. The van der Waals surface area contributed by atoms with E-state index in [9.17, 15) is 4.79 Å². The largest absolute Gasteiger partial charge is 0.468 e. The lowest BCUT2D eigenvalue weighted by atomic mass is 9.80. The van der Waals surface area contributed by atoms with Crippen LogP contribution in [0, 0.1) is 17.8 Å². The van der Waals surface area contributed by atoms with Crippen LogP contribution in [0.25, 0.3) is 0 Å². The van der Waals surface area contributed by atoms with Crippen LogP contribution in [0.2, 0.25) is 0 Å². The van der Waals surface area contributed by atoms with Gasteiger partial charge in [0.2, 0.25) is 0 Å². The van der Waals surface area contributed by atoms with Crippen molar-refractivity contribution < 1.29 is 9.53 Å². The van der Waals surface area contributed by atoms with Crippen molar-refractivity contribution >= 4 is 5.97 Å². The van der Waals surface area contributed by atoms with E-state index in [0.29, 0.717) is 12.0 Å². The molecule has 1 rings (SSSR count). The minimum atomic E-state index is -0.136. The number of carbonyl (C=O) groups is 1. The molecular weight excluding hydrogens is 250 g/mol. The number of ether oxygens (including phenoxy) is 1. The molecule has 0 bridgehead atoms. The number of esters is 1. The SMILES string of the molecule is COC(=O)C(CC(C)C)NC1CCCC(CC(C)C)C1. The fourth-order valence-corrected chi connectivity index (χ4v) is 3.45. The average molecular weight is 283 g/mol. The van der Waals surface area contributed by atoms with Crippen molar-refractivity contribution in [2.24, 2.45) is 17.8 Å². The summed E-state index contributed by atoms with van der Waals surface area (Å²) in [6.45, 7) is 8.90. The summed E-state index contributed by atoms with van der Waals surface area (Å²) in [7, 11) is 1.49. The molecule has 0 radical (unpaired) electrons. The predicted octanol–water partition coefficient (Wildman–Crippen LogP) is 3.77. The van der Waals surface area contributed by atoms with Gasteiger partial charge >= 0.3 is 5.97 Å². The monoisotopic (exact) mass is 283 g/mol. The normalized spacial score (nSPS) is 24.9. The number of nitrogens with one attached hydrogen (secondary N) is 1. The molecule has 0 aliphatic heterocycles. The standard InChI is InChI=1S/C17H33NO2/c1-12(2)9-14-7-6-8-15(11-14)18-16(10-13(3)4)17(19)20-5/h12-16,18H,6-11H2,1-5H3. The number of carbonyl (C=O) groups excluding carboxylic acids is 1. The van der Waals surface area contributed by atoms with Gasteiger partial charge in [-0.15, -0.1) is 0 Å². The summed E-state index contributed by atoms with van der Waals surface area (Å²) in [4.78, 5) is 11.9. The van der Waals surface area contributed by atoms with Gasteiger partial charge in [-0.2, -0.15) is 0 Å². The molecule has 0 aromatic carbocycles. The van der Waals surface area contributed by atoms with E-state index < -0.39 is 0 Å². The van der Waals surface area contributed by atoms with E-state index in [4.69, 9.17) is 4.74 Å². The molecule has 3 nitrogen and oxygen atoms in total. The molecule has 0 amide bonds. The highest BCUT2D eigenvalue weighted by atomic mass is 16.5. The van der Waals surface area contributed by atoms with Crippen molar-refractivity contribution in [1.82, 2.24) is 5.32 Å². The molecule has 118 valence electrons. The first kappa shape index (κ1) is 17.5. The van der Waals surface area contributed by atoms with Crippen LogP contribution in [-0.4, -0.2) is 25.2 Å². The maximum atomic E-state index is 11.9. The van der Waals surface area contributed by atoms with Crippen molar-refractivity contribution in [1.29, 1.82) is 0 Å². The van der Waals surface area contributed by atoms with E-state index in [2.05, 4.69) is 33.0 Å². The highest BCUT2D eigenvalue weighted by Gasteiger charge is 2.28. The molecule has 3 heteroatoms. The minimum Gasteiger partial charge on any atom is -0.468 e. The van der Waals surface area contributed by atoms with E-state index in [1.54, 1.807) is 0 Å². The molecule has 0 aromatic heterocycles. The zero-order chi connectivity index (χ0) is 15.1. The Morgan fingerprint density at radius 1 is 1.20 bits per heavy atom. The quantitative estimate of drug-likeness (QED) is 0.723. The topological polar surface area (TPSA) is 38.3 Å². The molecule has 1 N–H and O–H groups in total. The van der Waals surface area contributed by atoms with Crippen LogP contribution < -0.4 is 5.32 Å². The molecule has 1 fully saturated rings. The third-order valence-corrected chi connectivity index (χ3v) is 4.22. The van der Waals surface area contributed by atoms with E-state index in [1.165, 1.54) is 39.2 Å². The zero-order valence-electron chi connectivity index (χ0n) is 13.9. The van der Waals surface area contributed by atoms with Crippen LogP contribution in [0.3, 0.4) is 0 Å². The van der Waals surface area contributed by atoms with Gasteiger partial charge in [0.05, 0.1) is 7.11 Å². The molecule has 1 aliphatic rings. The maximum absolute atomic E-state index is 11.9. The molecule has 1 saturated carbocycles. The lowest BCUT2D eigenvalue weighted by Gasteiger charge is -2.33. The molecule has 1 aliphatic carbocycles. The van der Waals surface area contributed by atoms with Gasteiger partial charge in [-0.25, -0.2) is 0 Å². The smallest absolute Gasteiger partial charge is 0.322 e. The van der Waals surface area contributed by atoms with E-state index in [0.717, 1.165) is 18.3 Å². The molecular formula is C17H33NO2. The Bertz CT molecular complexity index is 289. The third kappa shape index (κ3) is 6.25. The Hall–Kier alpha value is -0.570. The average Bonchev–Trinajstić information content (AvgIpc) is 2.36. The predicted molar refractivity (Wildman–Crippen MR) is 83.6 cm³/mol. The van der Waals surface area contributed by atoms with Gasteiger partial charge < -0.3 is 10.1 Å². The number of methoxy groups -OCH3 is 1. The Labute approximate surface area is 124 Å². The van der Waals surface area contributed by atoms with Crippen molar-refractivity contribution in [3.05, 3.63) is 0 Å². The Balaban J connectivity index is 2.52. The van der Waals surface area contributed by atoms with Gasteiger partial charge in [0.25, 0.3) is 0 Å². The molecule has 0 aromatic rings. The first-order chi connectivity index (χ1) is 9.42. The van der Waals surface area contributed by atoms with Crippen LogP contribution in [0.5, 0.6) is 0 Å². The molecule has 3 atom stereocenters. The summed E-state index contributed by atoms with van der Waals surface area (Å²) in [5, 5.41) is 3.57. The van der Waals surface area contributed by atoms with Crippen LogP contribution >= 0.6 is 0 Å². The van der Waals surface area contributed by atoms with Crippen LogP contribution in [0.15, 0.2) is 0 Å². The molecule has 20 heavy (non-hydrogen) atoms. The fourth-order valence-electron chi connectivity index (χ4n) is 3.45. The number of rotatable bonds is 7. The summed E-state index contributed by atoms with van der Waals surface area (Å²) < 4.78 is 4.94. The van der Waals surface area contributed by atoms with Crippen LogP contribution in [0.4, 0.5) is 0 Å². The van der Waals surface area contributed by atoms with Crippen molar-refractivity contribution in [2.45, 2.75) is 78.3 Å². The number of hydrogen-bond acceptors (Lipinski definition) is 3. The van der Waals surface area contributed by atoms with Gasteiger partial charge in [-0.1, -0.05) is 40.5 Å². The van der Waals surface area contributed by atoms with Gasteiger partial charge in [-0.3, -0.25) is 4.79 Å². The summed E-state index contributed by atoms with van der Waals surface area (Å²) >= 11 is 0. The second-order valence-electron chi connectivity index (χ2n) is 7.23. The Kier molecular flexibility index (Phi) is 7.57. The zero-order valence-corrected chi connectivity index (χ0v) is 13.9. The maximum Gasteiger partial charge on any atom is 0.322 e. The lowest BCUT2D eigenvalue weighted by Crippen LogP contribution is -2.46. The first-order valence-electron chi connectivity index (χ1n) is 8.26. The molecule has 3 unspecified atom stereocenters. The minimum absolute atomic E-state index is 0.107.